The molecule has 1 amide bonds. The van der Waals surface area contributed by atoms with Crippen molar-refractivity contribution in [2.45, 2.75) is 27.2 Å². The highest BCUT2D eigenvalue weighted by Gasteiger charge is 2.13. The molecule has 0 saturated carbocycles. The van der Waals surface area contributed by atoms with Crippen LogP contribution in [0.4, 0.5) is 5.13 Å². The number of hydrogen-bond donors (Lipinski definition) is 1. The average Bonchev–Trinajstić information content (AvgIpc) is 3.05. The van der Waals surface area contributed by atoms with Gasteiger partial charge < -0.3 is 5.32 Å². The normalized spacial score (nSPS) is 10.7. The summed E-state index contributed by atoms with van der Waals surface area (Å²) in [7, 11) is 0. The van der Waals surface area contributed by atoms with Gasteiger partial charge in [0.25, 0.3) is 0 Å². The third kappa shape index (κ3) is 3.83. The third-order valence-corrected chi connectivity index (χ3v) is 5.19. The van der Waals surface area contributed by atoms with E-state index in [1.807, 2.05) is 50.4 Å². The van der Waals surface area contributed by atoms with Gasteiger partial charge >= 0.3 is 0 Å². The first-order valence-electron chi connectivity index (χ1n) is 7.26. The van der Waals surface area contributed by atoms with Crippen molar-refractivity contribution in [2.24, 2.45) is 0 Å². The van der Waals surface area contributed by atoms with E-state index in [1.54, 1.807) is 11.3 Å². The van der Waals surface area contributed by atoms with Crippen molar-refractivity contribution in [3.8, 4) is 10.6 Å². The van der Waals surface area contributed by atoms with Crippen molar-refractivity contribution in [1.82, 2.24) is 9.97 Å². The number of rotatable bonds is 4. The number of aromatic nitrogens is 2. The minimum Gasteiger partial charge on any atom is -0.302 e. The van der Waals surface area contributed by atoms with Crippen LogP contribution in [0.2, 0.25) is 0 Å². The molecule has 2 heterocycles. The highest BCUT2D eigenvalue weighted by molar-refractivity contribution is 7.16. The number of thiazole rings is 2. The molecule has 118 valence electrons. The molecule has 0 atom stereocenters. The molecule has 1 aromatic carbocycles. The minimum absolute atomic E-state index is 0.0475. The Morgan fingerprint density at radius 2 is 2.04 bits per heavy atom. The standard InChI is InChI=1S/C17H17N3OS2/c1-10-5-4-6-13(7-10)8-15(21)20-17-19-14(9-22-17)16-11(2)18-12(3)23-16/h4-7,9H,8H2,1-3H3,(H,19,20,21). The van der Waals surface area contributed by atoms with E-state index in [-0.39, 0.29) is 5.91 Å². The second kappa shape index (κ2) is 6.60. The SMILES string of the molecule is Cc1cccc(CC(=O)Nc2nc(-c3sc(C)nc3C)cs2)c1. The molecule has 3 aromatic rings. The van der Waals surface area contributed by atoms with Crippen LogP contribution in [0.5, 0.6) is 0 Å². The Balaban J connectivity index is 1.69. The van der Waals surface area contributed by atoms with Crippen molar-refractivity contribution in [3.05, 3.63) is 51.5 Å². The molecule has 2 aromatic heterocycles. The maximum atomic E-state index is 12.2. The lowest BCUT2D eigenvalue weighted by Crippen LogP contribution is -2.14. The minimum atomic E-state index is -0.0475. The molecular formula is C17H17N3OS2. The lowest BCUT2D eigenvalue weighted by atomic mass is 10.1. The number of anilines is 1. The van der Waals surface area contributed by atoms with Crippen LogP contribution in [0.3, 0.4) is 0 Å². The van der Waals surface area contributed by atoms with Crippen LogP contribution in [-0.2, 0) is 11.2 Å². The number of carbonyl (C=O) groups is 1. The van der Waals surface area contributed by atoms with E-state index >= 15 is 0 Å². The summed E-state index contributed by atoms with van der Waals surface area (Å²) in [5.74, 6) is -0.0475. The number of aryl methyl sites for hydroxylation is 3. The van der Waals surface area contributed by atoms with Crippen molar-refractivity contribution < 1.29 is 4.79 Å². The fourth-order valence-corrected chi connectivity index (χ4v) is 4.05. The summed E-state index contributed by atoms with van der Waals surface area (Å²) in [4.78, 5) is 22.2. The zero-order chi connectivity index (χ0) is 16.4. The summed E-state index contributed by atoms with van der Waals surface area (Å²) in [6.07, 6.45) is 0.356. The van der Waals surface area contributed by atoms with Crippen molar-refractivity contribution in [2.75, 3.05) is 5.32 Å². The van der Waals surface area contributed by atoms with Crippen LogP contribution < -0.4 is 5.32 Å². The smallest absolute Gasteiger partial charge is 0.230 e. The second-order valence-corrected chi connectivity index (χ2v) is 7.46. The van der Waals surface area contributed by atoms with Crippen LogP contribution in [0.15, 0.2) is 29.6 Å². The molecule has 0 spiro atoms. The van der Waals surface area contributed by atoms with Crippen LogP contribution in [0, 0.1) is 20.8 Å². The van der Waals surface area contributed by atoms with E-state index in [4.69, 9.17) is 0 Å². The van der Waals surface area contributed by atoms with Crippen LogP contribution in [-0.4, -0.2) is 15.9 Å². The van der Waals surface area contributed by atoms with Crippen LogP contribution in [0.25, 0.3) is 10.6 Å². The topological polar surface area (TPSA) is 54.9 Å². The van der Waals surface area contributed by atoms with E-state index in [0.29, 0.717) is 11.6 Å². The highest BCUT2D eigenvalue weighted by Crippen LogP contribution is 2.32. The summed E-state index contributed by atoms with van der Waals surface area (Å²) in [6.45, 7) is 5.99. The molecule has 3 rings (SSSR count). The molecule has 0 aliphatic carbocycles. The van der Waals surface area contributed by atoms with Gasteiger partial charge in [0.05, 0.1) is 27.7 Å². The molecule has 0 aliphatic rings. The van der Waals surface area contributed by atoms with Gasteiger partial charge in [0.2, 0.25) is 5.91 Å². The zero-order valence-electron chi connectivity index (χ0n) is 13.2. The van der Waals surface area contributed by atoms with Gasteiger partial charge in [-0.25, -0.2) is 9.97 Å². The molecule has 0 aliphatic heterocycles. The third-order valence-electron chi connectivity index (χ3n) is 3.33. The summed E-state index contributed by atoms with van der Waals surface area (Å²) >= 11 is 3.06. The molecule has 1 N–H and O–H groups in total. The van der Waals surface area contributed by atoms with Crippen molar-refractivity contribution in [1.29, 1.82) is 0 Å². The predicted octanol–water partition coefficient (Wildman–Crippen LogP) is 4.37. The molecule has 0 radical (unpaired) electrons. The molecule has 0 saturated heterocycles. The van der Waals surface area contributed by atoms with Gasteiger partial charge in [-0.1, -0.05) is 29.8 Å². The Hall–Kier alpha value is -2.05. The number of amides is 1. The van der Waals surface area contributed by atoms with Crippen LogP contribution in [0.1, 0.15) is 21.8 Å². The Morgan fingerprint density at radius 1 is 1.22 bits per heavy atom. The highest BCUT2D eigenvalue weighted by atomic mass is 32.1. The quantitative estimate of drug-likeness (QED) is 0.765. The van der Waals surface area contributed by atoms with Gasteiger partial charge in [0.15, 0.2) is 5.13 Å². The van der Waals surface area contributed by atoms with Gasteiger partial charge in [-0.05, 0) is 26.3 Å². The molecule has 0 unspecified atom stereocenters. The number of benzene rings is 1. The zero-order valence-corrected chi connectivity index (χ0v) is 14.8. The summed E-state index contributed by atoms with van der Waals surface area (Å²) in [5.41, 5.74) is 4.02. The second-order valence-electron chi connectivity index (χ2n) is 5.40. The first-order chi connectivity index (χ1) is 11.0. The van der Waals surface area contributed by atoms with E-state index in [0.717, 1.165) is 32.4 Å². The Bertz CT molecular complexity index is 851. The van der Waals surface area contributed by atoms with E-state index in [9.17, 15) is 4.79 Å². The van der Waals surface area contributed by atoms with Gasteiger partial charge in [0.1, 0.15) is 0 Å². The Morgan fingerprint density at radius 3 is 2.74 bits per heavy atom. The Labute approximate surface area is 143 Å². The largest absolute Gasteiger partial charge is 0.302 e. The maximum Gasteiger partial charge on any atom is 0.230 e. The van der Waals surface area contributed by atoms with E-state index in [1.165, 1.54) is 11.3 Å². The van der Waals surface area contributed by atoms with E-state index < -0.39 is 0 Å². The van der Waals surface area contributed by atoms with Crippen LogP contribution >= 0.6 is 22.7 Å². The monoisotopic (exact) mass is 343 g/mol. The predicted molar refractivity (Wildman–Crippen MR) is 96.2 cm³/mol. The summed E-state index contributed by atoms with van der Waals surface area (Å²) < 4.78 is 0. The van der Waals surface area contributed by atoms with Crippen molar-refractivity contribution >= 4 is 33.7 Å². The molecular weight excluding hydrogens is 326 g/mol. The number of hydrogen-bond acceptors (Lipinski definition) is 5. The molecule has 6 heteroatoms. The van der Waals surface area contributed by atoms with Gasteiger partial charge in [-0.15, -0.1) is 22.7 Å². The van der Waals surface area contributed by atoms with Gasteiger partial charge in [-0.3, -0.25) is 4.79 Å². The Kier molecular flexibility index (Phi) is 4.54. The molecule has 23 heavy (non-hydrogen) atoms. The lowest BCUT2D eigenvalue weighted by molar-refractivity contribution is -0.115. The summed E-state index contributed by atoms with van der Waals surface area (Å²) in [6, 6.07) is 7.97. The van der Waals surface area contributed by atoms with Gasteiger partial charge in [0, 0.05) is 5.38 Å². The van der Waals surface area contributed by atoms with Gasteiger partial charge in [-0.2, -0.15) is 0 Å². The molecule has 4 nitrogen and oxygen atoms in total. The van der Waals surface area contributed by atoms with E-state index in [2.05, 4.69) is 15.3 Å². The first kappa shape index (κ1) is 15.8. The fourth-order valence-electron chi connectivity index (χ4n) is 2.38. The lowest BCUT2D eigenvalue weighted by Gasteiger charge is -2.03. The fraction of sp³-hybridized carbons (Fsp3) is 0.235. The molecule has 0 bridgehead atoms. The maximum absolute atomic E-state index is 12.2. The van der Waals surface area contributed by atoms with Crippen molar-refractivity contribution in [3.63, 3.8) is 0 Å². The number of nitrogens with one attached hydrogen (secondary N) is 1. The molecule has 0 fully saturated rings. The summed E-state index contributed by atoms with van der Waals surface area (Å²) in [5, 5.41) is 6.49. The number of carbonyl (C=O) groups excluding carboxylic acids is 1. The average molecular weight is 343 g/mol. The number of nitrogens with zero attached hydrogens (tertiary/aromatic N) is 2. The first-order valence-corrected chi connectivity index (χ1v) is 8.96.